The first-order chi connectivity index (χ1) is 15.4. The van der Waals surface area contributed by atoms with Gasteiger partial charge < -0.3 is 14.8 Å². The summed E-state index contributed by atoms with van der Waals surface area (Å²) in [4.78, 5) is 27.5. The fraction of sp³-hybridized carbons (Fsp3) is 0.0417. The maximum atomic E-state index is 13.6. The highest BCUT2D eigenvalue weighted by atomic mass is 19.1. The van der Waals surface area contributed by atoms with Crippen LogP contribution in [-0.4, -0.2) is 22.0 Å². The van der Waals surface area contributed by atoms with E-state index < -0.39 is 23.5 Å². The van der Waals surface area contributed by atoms with E-state index in [1.165, 1.54) is 12.2 Å². The van der Waals surface area contributed by atoms with Crippen molar-refractivity contribution in [2.24, 2.45) is 0 Å². The van der Waals surface area contributed by atoms with Gasteiger partial charge in [-0.3, -0.25) is 9.59 Å². The number of aliphatic carboxylic acids is 1. The van der Waals surface area contributed by atoms with Crippen LogP contribution >= 0.6 is 0 Å². The van der Waals surface area contributed by atoms with Gasteiger partial charge in [-0.25, -0.2) is 13.8 Å². The Kier molecular flexibility index (Phi) is 5.76. The third-order valence-electron chi connectivity index (χ3n) is 4.62. The number of rotatable bonds is 6. The van der Waals surface area contributed by atoms with E-state index in [1.807, 2.05) is 0 Å². The van der Waals surface area contributed by atoms with E-state index in [0.717, 1.165) is 18.2 Å². The minimum Gasteiger partial charge on any atom is -0.481 e. The molecule has 0 aliphatic carbocycles. The minimum absolute atomic E-state index is 0.158. The van der Waals surface area contributed by atoms with Crippen molar-refractivity contribution in [3.05, 3.63) is 89.5 Å². The second-order valence-electron chi connectivity index (χ2n) is 6.92. The molecule has 0 atom stereocenters. The van der Waals surface area contributed by atoms with Crippen LogP contribution in [0.5, 0.6) is 0 Å². The van der Waals surface area contributed by atoms with Crippen LogP contribution in [0, 0.1) is 11.6 Å². The highest BCUT2D eigenvalue weighted by Gasteiger charge is 2.13. The van der Waals surface area contributed by atoms with Gasteiger partial charge in [0.15, 0.2) is 5.58 Å². The number of carbonyl (C=O) groups excluding carboxylic acids is 1. The van der Waals surface area contributed by atoms with Crippen LogP contribution < -0.4 is 5.32 Å². The van der Waals surface area contributed by atoms with Gasteiger partial charge >= 0.3 is 5.97 Å². The summed E-state index contributed by atoms with van der Waals surface area (Å²) in [6, 6.07) is 14.9. The molecule has 0 aliphatic rings. The summed E-state index contributed by atoms with van der Waals surface area (Å²) in [5, 5.41) is 11.3. The lowest BCUT2D eigenvalue weighted by Crippen LogP contribution is -2.09. The highest BCUT2D eigenvalue weighted by Crippen LogP contribution is 2.27. The van der Waals surface area contributed by atoms with Crippen LogP contribution in [0.1, 0.15) is 11.1 Å². The smallest absolute Gasteiger partial charge is 0.307 e. The number of hydrogen-bond acceptors (Lipinski definition) is 4. The summed E-state index contributed by atoms with van der Waals surface area (Å²) < 4.78 is 32.6. The lowest BCUT2D eigenvalue weighted by Gasteiger charge is -2.03. The second kappa shape index (κ2) is 8.81. The Morgan fingerprint density at radius 1 is 1.06 bits per heavy atom. The molecule has 0 unspecified atom stereocenters. The van der Waals surface area contributed by atoms with E-state index >= 15 is 0 Å². The van der Waals surface area contributed by atoms with Gasteiger partial charge in [-0.15, -0.1) is 0 Å². The number of carbonyl (C=O) groups is 2. The Bertz CT molecular complexity index is 1340. The predicted molar refractivity (Wildman–Crippen MR) is 115 cm³/mol. The first-order valence-corrected chi connectivity index (χ1v) is 9.54. The summed E-state index contributed by atoms with van der Waals surface area (Å²) in [6.45, 7) is 0. The van der Waals surface area contributed by atoms with Crippen molar-refractivity contribution in [2.45, 2.75) is 6.42 Å². The average molecular weight is 434 g/mol. The quantitative estimate of drug-likeness (QED) is 0.414. The van der Waals surface area contributed by atoms with Crippen molar-refractivity contribution in [1.82, 2.24) is 4.98 Å². The molecular formula is C24H16F2N2O4. The number of fused-ring (bicyclic) bond motifs is 1. The van der Waals surface area contributed by atoms with E-state index in [-0.39, 0.29) is 12.1 Å². The molecule has 1 heterocycles. The Morgan fingerprint density at radius 3 is 2.59 bits per heavy atom. The Labute approximate surface area is 180 Å². The molecular weight excluding hydrogens is 418 g/mol. The number of carboxylic acids is 1. The number of nitrogens with zero attached hydrogens (tertiary/aromatic N) is 1. The monoisotopic (exact) mass is 434 g/mol. The number of amides is 1. The molecule has 1 aromatic heterocycles. The zero-order chi connectivity index (χ0) is 22.7. The molecule has 6 nitrogen and oxygen atoms in total. The molecule has 0 aliphatic heterocycles. The fourth-order valence-electron chi connectivity index (χ4n) is 3.11. The van der Waals surface area contributed by atoms with E-state index in [9.17, 15) is 18.4 Å². The van der Waals surface area contributed by atoms with Crippen LogP contribution in [0.3, 0.4) is 0 Å². The Balaban J connectivity index is 1.49. The number of carboxylic acid groups (broad SMARTS) is 1. The van der Waals surface area contributed by atoms with Gasteiger partial charge in [0.05, 0.1) is 12.1 Å². The molecule has 4 rings (SSSR count). The molecule has 4 aromatic rings. The van der Waals surface area contributed by atoms with Crippen LogP contribution in [0.15, 0.2) is 71.2 Å². The van der Waals surface area contributed by atoms with Crippen LogP contribution in [0.25, 0.3) is 28.6 Å². The van der Waals surface area contributed by atoms with Gasteiger partial charge in [-0.05, 0) is 47.5 Å². The van der Waals surface area contributed by atoms with Gasteiger partial charge in [0.25, 0.3) is 0 Å². The summed E-state index contributed by atoms with van der Waals surface area (Å²) in [7, 11) is 0. The lowest BCUT2D eigenvalue weighted by molar-refractivity contribution is -0.136. The highest BCUT2D eigenvalue weighted by molar-refractivity contribution is 6.02. The molecule has 0 spiro atoms. The maximum absolute atomic E-state index is 13.6. The van der Waals surface area contributed by atoms with Crippen molar-refractivity contribution in [1.29, 1.82) is 0 Å². The number of para-hydroxylation sites is 1. The molecule has 0 bridgehead atoms. The SMILES string of the molecule is O=C(O)Cc1cccc2oc(-c3ccc(C=CC(=O)Nc4cc(F)ccc4F)cc3)nc12. The number of hydrogen-bond donors (Lipinski definition) is 2. The van der Waals surface area contributed by atoms with Crippen molar-refractivity contribution in [3.8, 4) is 11.5 Å². The third kappa shape index (κ3) is 4.70. The van der Waals surface area contributed by atoms with E-state index in [2.05, 4.69) is 10.3 Å². The summed E-state index contributed by atoms with van der Waals surface area (Å²) in [5.41, 5.74) is 2.66. The summed E-state index contributed by atoms with van der Waals surface area (Å²) in [6.07, 6.45) is 2.57. The minimum atomic E-state index is -0.956. The summed E-state index contributed by atoms with van der Waals surface area (Å²) in [5.74, 6) is -2.61. The van der Waals surface area contributed by atoms with E-state index in [4.69, 9.17) is 9.52 Å². The number of nitrogens with one attached hydrogen (secondary N) is 1. The number of benzene rings is 3. The van der Waals surface area contributed by atoms with Crippen LogP contribution in [0.2, 0.25) is 0 Å². The zero-order valence-corrected chi connectivity index (χ0v) is 16.5. The number of halogens is 2. The standard InChI is InChI=1S/C24H16F2N2O4/c25-17-9-10-18(26)19(13-17)27-21(29)11-6-14-4-7-15(8-5-14)24-28-23-16(12-22(30)31)2-1-3-20(23)32-24/h1-11,13H,12H2,(H,27,29)(H,30,31). The maximum Gasteiger partial charge on any atom is 0.307 e. The van der Waals surface area contributed by atoms with Crippen LogP contribution in [0.4, 0.5) is 14.5 Å². The van der Waals surface area contributed by atoms with E-state index in [1.54, 1.807) is 42.5 Å². The van der Waals surface area contributed by atoms with Crippen molar-refractivity contribution in [3.63, 3.8) is 0 Å². The van der Waals surface area contributed by atoms with Crippen LogP contribution in [-0.2, 0) is 16.0 Å². The van der Waals surface area contributed by atoms with Crippen molar-refractivity contribution < 1.29 is 27.9 Å². The summed E-state index contributed by atoms with van der Waals surface area (Å²) >= 11 is 0. The fourth-order valence-corrected chi connectivity index (χ4v) is 3.11. The molecule has 8 heteroatoms. The molecule has 0 fully saturated rings. The van der Waals surface area contributed by atoms with Gasteiger partial charge in [0.1, 0.15) is 17.2 Å². The number of oxazole rings is 1. The van der Waals surface area contributed by atoms with E-state index in [0.29, 0.717) is 33.7 Å². The van der Waals surface area contributed by atoms with Gasteiger partial charge in [-0.2, -0.15) is 0 Å². The number of aromatic nitrogens is 1. The van der Waals surface area contributed by atoms with Crippen molar-refractivity contribution in [2.75, 3.05) is 5.32 Å². The third-order valence-corrected chi connectivity index (χ3v) is 4.62. The first-order valence-electron chi connectivity index (χ1n) is 9.54. The second-order valence-corrected chi connectivity index (χ2v) is 6.92. The molecule has 0 saturated heterocycles. The molecule has 1 amide bonds. The predicted octanol–water partition coefficient (Wildman–Crippen LogP) is 5.05. The lowest BCUT2D eigenvalue weighted by atomic mass is 10.1. The largest absolute Gasteiger partial charge is 0.481 e. The molecule has 160 valence electrons. The molecule has 0 saturated carbocycles. The van der Waals surface area contributed by atoms with Gasteiger partial charge in [-0.1, -0.05) is 24.3 Å². The average Bonchev–Trinajstić information content (AvgIpc) is 3.20. The molecule has 2 N–H and O–H groups in total. The topological polar surface area (TPSA) is 92.4 Å². The normalized spacial score (nSPS) is 11.2. The van der Waals surface area contributed by atoms with Crippen molar-refractivity contribution >= 4 is 34.7 Å². The Morgan fingerprint density at radius 2 is 1.84 bits per heavy atom. The van der Waals surface area contributed by atoms with Gasteiger partial charge in [0, 0.05) is 17.7 Å². The van der Waals surface area contributed by atoms with Gasteiger partial charge in [0.2, 0.25) is 11.8 Å². The zero-order valence-electron chi connectivity index (χ0n) is 16.5. The molecule has 3 aromatic carbocycles. The first kappa shape index (κ1) is 20.9. The Hall–Kier alpha value is -4.33. The molecule has 32 heavy (non-hydrogen) atoms. The molecule has 0 radical (unpaired) electrons. The number of anilines is 1.